The van der Waals surface area contributed by atoms with Gasteiger partial charge in [-0.2, -0.15) is 0 Å². The zero-order valence-corrected chi connectivity index (χ0v) is 17.6. The van der Waals surface area contributed by atoms with E-state index in [9.17, 15) is 19.7 Å². The van der Waals surface area contributed by atoms with Crippen molar-refractivity contribution in [2.45, 2.75) is 24.0 Å². The van der Waals surface area contributed by atoms with Crippen molar-refractivity contribution >= 4 is 51.4 Å². The Morgan fingerprint density at radius 1 is 1.07 bits per heavy atom. The molecule has 3 rings (SSSR count). The van der Waals surface area contributed by atoms with Crippen molar-refractivity contribution in [3.63, 3.8) is 0 Å². The number of aromatic nitrogens is 2. The van der Waals surface area contributed by atoms with Crippen LogP contribution in [0.3, 0.4) is 0 Å². The second kappa shape index (κ2) is 9.46. The van der Waals surface area contributed by atoms with Crippen molar-refractivity contribution < 1.29 is 14.5 Å². The number of amides is 2. The quantitative estimate of drug-likeness (QED) is 0.319. The second-order valence-electron chi connectivity index (χ2n) is 6.16. The summed E-state index contributed by atoms with van der Waals surface area (Å²) >= 11 is 2.68. The van der Waals surface area contributed by atoms with Crippen LogP contribution in [0.5, 0.6) is 0 Å². The summed E-state index contributed by atoms with van der Waals surface area (Å²) < 4.78 is 0. The van der Waals surface area contributed by atoms with Gasteiger partial charge in [-0.05, 0) is 50.2 Å². The minimum Gasteiger partial charge on any atom is -0.322 e. The largest absolute Gasteiger partial charge is 0.322 e. The molecule has 9 nitrogen and oxygen atoms in total. The molecule has 0 aliphatic heterocycles. The van der Waals surface area contributed by atoms with Crippen LogP contribution in [0.4, 0.5) is 16.5 Å². The van der Waals surface area contributed by atoms with Crippen molar-refractivity contribution in [3.05, 3.63) is 69.2 Å². The fourth-order valence-corrected chi connectivity index (χ4v) is 3.83. The van der Waals surface area contributed by atoms with E-state index in [4.69, 9.17) is 0 Å². The first kappa shape index (κ1) is 21.4. The first-order valence-corrected chi connectivity index (χ1v) is 10.4. The zero-order valence-electron chi connectivity index (χ0n) is 16.0. The lowest BCUT2D eigenvalue weighted by atomic mass is 10.2. The minimum absolute atomic E-state index is 0.0765. The first-order valence-electron chi connectivity index (χ1n) is 8.75. The average Bonchev–Trinajstić information content (AvgIpc) is 3.14. The van der Waals surface area contributed by atoms with E-state index in [1.165, 1.54) is 47.4 Å². The van der Waals surface area contributed by atoms with Gasteiger partial charge in [0.15, 0.2) is 0 Å². The Hall–Kier alpha value is -3.31. The highest BCUT2D eigenvalue weighted by Crippen LogP contribution is 2.26. The molecule has 2 N–H and O–H groups in total. The highest BCUT2D eigenvalue weighted by atomic mass is 32.2. The summed E-state index contributed by atoms with van der Waals surface area (Å²) in [6, 6.07) is 12.4. The van der Waals surface area contributed by atoms with E-state index in [1.807, 2.05) is 6.92 Å². The number of carbonyl (C=O) groups excluding carboxylic acids is 2. The third-order valence-corrected chi connectivity index (χ3v) is 5.76. The Bertz CT molecular complexity index is 1070. The second-order valence-corrected chi connectivity index (χ2v) is 8.75. The van der Waals surface area contributed by atoms with E-state index in [2.05, 4.69) is 20.8 Å². The minimum atomic E-state index is -0.520. The Balaban J connectivity index is 1.55. The van der Waals surface area contributed by atoms with Crippen LogP contribution < -0.4 is 10.6 Å². The van der Waals surface area contributed by atoms with Crippen LogP contribution in [0.1, 0.15) is 22.3 Å². The molecule has 3 aromatic rings. The van der Waals surface area contributed by atoms with Gasteiger partial charge in [0.25, 0.3) is 11.6 Å². The summed E-state index contributed by atoms with van der Waals surface area (Å²) in [4.78, 5) is 35.6. The molecule has 2 aromatic carbocycles. The van der Waals surface area contributed by atoms with Gasteiger partial charge < -0.3 is 5.32 Å². The molecular formula is C19H17N5O4S2. The van der Waals surface area contributed by atoms with Gasteiger partial charge >= 0.3 is 0 Å². The molecule has 0 saturated carbocycles. The van der Waals surface area contributed by atoms with Crippen molar-refractivity contribution in [3.8, 4) is 0 Å². The van der Waals surface area contributed by atoms with Crippen LogP contribution in [0.15, 0.2) is 53.4 Å². The number of nitrogens with one attached hydrogen (secondary N) is 2. The van der Waals surface area contributed by atoms with E-state index in [0.29, 0.717) is 16.4 Å². The molecule has 30 heavy (non-hydrogen) atoms. The van der Waals surface area contributed by atoms with E-state index in [-0.39, 0.29) is 22.8 Å². The van der Waals surface area contributed by atoms with Crippen molar-refractivity contribution in [2.24, 2.45) is 0 Å². The molecule has 0 fully saturated rings. The van der Waals surface area contributed by atoms with Crippen molar-refractivity contribution in [1.82, 2.24) is 10.2 Å². The van der Waals surface area contributed by atoms with Crippen LogP contribution in [0.2, 0.25) is 0 Å². The molecule has 0 spiro atoms. The number of rotatable bonds is 7. The van der Waals surface area contributed by atoms with E-state index < -0.39 is 4.92 Å². The van der Waals surface area contributed by atoms with Gasteiger partial charge in [0.1, 0.15) is 5.01 Å². The Labute approximate surface area is 180 Å². The number of thioether (sulfide) groups is 1. The summed E-state index contributed by atoms with van der Waals surface area (Å²) in [6.07, 6.45) is 0. The number of hydrogen-bond acceptors (Lipinski definition) is 8. The normalized spacial score (nSPS) is 11.5. The van der Waals surface area contributed by atoms with E-state index in [1.54, 1.807) is 31.2 Å². The molecule has 0 aliphatic rings. The van der Waals surface area contributed by atoms with Gasteiger partial charge in [0, 0.05) is 28.3 Å². The first-order chi connectivity index (χ1) is 14.3. The zero-order chi connectivity index (χ0) is 21.7. The molecule has 1 aromatic heterocycles. The lowest BCUT2D eigenvalue weighted by Gasteiger charge is -2.11. The third-order valence-electron chi connectivity index (χ3n) is 3.89. The molecule has 11 heteroatoms. The predicted molar refractivity (Wildman–Crippen MR) is 116 cm³/mol. The number of nitro benzene ring substituents is 1. The maximum absolute atomic E-state index is 12.3. The van der Waals surface area contributed by atoms with Crippen LogP contribution in [0.25, 0.3) is 0 Å². The lowest BCUT2D eigenvalue weighted by Crippen LogP contribution is -2.22. The van der Waals surface area contributed by atoms with Crippen LogP contribution in [-0.4, -0.2) is 32.2 Å². The van der Waals surface area contributed by atoms with Crippen LogP contribution >= 0.6 is 23.1 Å². The molecule has 0 radical (unpaired) electrons. The van der Waals surface area contributed by atoms with Gasteiger partial charge in [-0.25, -0.2) is 0 Å². The number of aryl methyl sites for hydroxylation is 1. The Kier molecular flexibility index (Phi) is 6.75. The summed E-state index contributed by atoms with van der Waals surface area (Å²) in [5, 5.41) is 24.8. The van der Waals surface area contributed by atoms with Gasteiger partial charge in [-0.15, -0.1) is 22.0 Å². The molecule has 0 bridgehead atoms. The summed E-state index contributed by atoms with van der Waals surface area (Å²) in [5.74, 6) is -0.544. The van der Waals surface area contributed by atoms with E-state index >= 15 is 0 Å². The van der Waals surface area contributed by atoms with Crippen LogP contribution in [-0.2, 0) is 4.79 Å². The topological polar surface area (TPSA) is 127 Å². The maximum Gasteiger partial charge on any atom is 0.269 e. The lowest BCUT2D eigenvalue weighted by molar-refractivity contribution is -0.384. The van der Waals surface area contributed by atoms with Crippen molar-refractivity contribution in [2.75, 3.05) is 10.6 Å². The molecule has 1 atom stereocenters. The number of hydrogen-bond donors (Lipinski definition) is 2. The van der Waals surface area contributed by atoms with Crippen molar-refractivity contribution in [1.29, 1.82) is 0 Å². The van der Waals surface area contributed by atoms with E-state index in [0.717, 1.165) is 9.90 Å². The fourth-order valence-electron chi connectivity index (χ4n) is 2.37. The van der Waals surface area contributed by atoms with Gasteiger partial charge in [-0.3, -0.25) is 25.0 Å². The Morgan fingerprint density at radius 2 is 1.73 bits per heavy atom. The SMILES string of the molecule is Cc1nnc(NC(=O)C(C)Sc2ccc(NC(=O)c3ccc([N+](=O)[O-])cc3)cc2)s1. The maximum atomic E-state index is 12.3. The molecule has 1 heterocycles. The highest BCUT2D eigenvalue weighted by Gasteiger charge is 2.16. The smallest absolute Gasteiger partial charge is 0.269 e. The Morgan fingerprint density at radius 3 is 2.30 bits per heavy atom. The van der Waals surface area contributed by atoms with Gasteiger partial charge in [-0.1, -0.05) is 11.3 Å². The highest BCUT2D eigenvalue weighted by molar-refractivity contribution is 8.00. The summed E-state index contributed by atoms with van der Waals surface area (Å²) in [6.45, 7) is 3.60. The summed E-state index contributed by atoms with van der Waals surface area (Å²) in [7, 11) is 0. The summed E-state index contributed by atoms with van der Waals surface area (Å²) in [5.41, 5.74) is 0.813. The number of nitrogens with zero attached hydrogens (tertiary/aromatic N) is 3. The molecule has 0 saturated heterocycles. The monoisotopic (exact) mass is 443 g/mol. The molecule has 0 aliphatic carbocycles. The molecule has 1 unspecified atom stereocenters. The van der Waals surface area contributed by atoms with Gasteiger partial charge in [0.05, 0.1) is 10.2 Å². The molecule has 154 valence electrons. The van der Waals surface area contributed by atoms with Crippen LogP contribution in [0, 0.1) is 17.0 Å². The number of non-ortho nitro benzene ring substituents is 1. The number of carbonyl (C=O) groups is 2. The fraction of sp³-hybridized carbons (Fsp3) is 0.158. The average molecular weight is 444 g/mol. The van der Waals surface area contributed by atoms with Gasteiger partial charge in [0.2, 0.25) is 11.0 Å². The standard InChI is InChI=1S/C19H17N5O4S2/c1-11(17(25)21-19-23-22-12(2)30-19)29-16-9-5-14(6-10-16)20-18(26)13-3-7-15(8-4-13)24(27)28/h3-11H,1-2H3,(H,20,26)(H,21,23,25). The molecular weight excluding hydrogens is 426 g/mol. The third kappa shape index (κ3) is 5.61. The number of benzene rings is 2. The predicted octanol–water partition coefficient (Wildman–Crippen LogP) is 4.13. The molecule has 2 amide bonds. The number of nitro groups is 1. The number of anilines is 2.